The number of anilines is 2. The van der Waals surface area contributed by atoms with Crippen molar-refractivity contribution in [2.75, 3.05) is 4.90 Å². The van der Waals surface area contributed by atoms with Gasteiger partial charge < -0.3 is 4.29 Å². The summed E-state index contributed by atoms with van der Waals surface area (Å²) in [6.07, 6.45) is 2.71. The second-order valence-corrected chi connectivity index (χ2v) is 5.85. The quantitative estimate of drug-likeness (QED) is 0.705. The molecule has 118 valence electrons. The topological polar surface area (TPSA) is 60.2 Å². The highest BCUT2D eigenvalue weighted by Crippen LogP contribution is 2.35. The minimum Gasteiger partial charge on any atom is -0.330 e. The van der Waals surface area contributed by atoms with Crippen LogP contribution in [-0.4, -0.2) is 20.9 Å². The van der Waals surface area contributed by atoms with E-state index in [1.807, 2.05) is 43.5 Å². The van der Waals surface area contributed by atoms with Gasteiger partial charge in [0.15, 0.2) is 0 Å². The molecule has 3 heterocycles. The van der Waals surface area contributed by atoms with Crippen molar-refractivity contribution in [3.63, 3.8) is 0 Å². The third kappa shape index (κ3) is 2.80. The SMILES string of the molecule is Cc1nn(-c2ccncc2)c(C)c1N(C(=O)OCl)c1cccs1. The smallest absolute Gasteiger partial charge is 0.330 e. The van der Waals surface area contributed by atoms with Gasteiger partial charge in [-0.15, -0.1) is 11.3 Å². The van der Waals surface area contributed by atoms with Crippen molar-refractivity contribution < 1.29 is 9.08 Å². The van der Waals surface area contributed by atoms with E-state index in [0.717, 1.165) is 11.4 Å². The van der Waals surface area contributed by atoms with E-state index in [0.29, 0.717) is 16.4 Å². The summed E-state index contributed by atoms with van der Waals surface area (Å²) in [7, 11) is 0. The van der Waals surface area contributed by atoms with Gasteiger partial charge in [-0.1, -0.05) is 0 Å². The third-order valence-electron chi connectivity index (χ3n) is 3.36. The van der Waals surface area contributed by atoms with Gasteiger partial charge in [-0.2, -0.15) is 5.10 Å². The number of amides is 1. The number of aryl methyl sites for hydroxylation is 1. The van der Waals surface area contributed by atoms with E-state index >= 15 is 0 Å². The molecule has 3 aromatic heterocycles. The van der Waals surface area contributed by atoms with Crippen LogP contribution >= 0.6 is 23.2 Å². The number of aromatic nitrogens is 3. The van der Waals surface area contributed by atoms with Gasteiger partial charge in [0.05, 0.1) is 22.8 Å². The number of nitrogens with zero attached hydrogens (tertiary/aromatic N) is 4. The largest absolute Gasteiger partial charge is 0.438 e. The lowest BCUT2D eigenvalue weighted by molar-refractivity contribution is 0.215. The zero-order chi connectivity index (χ0) is 16.4. The predicted molar refractivity (Wildman–Crippen MR) is 89.6 cm³/mol. The van der Waals surface area contributed by atoms with E-state index in [-0.39, 0.29) is 0 Å². The molecule has 0 saturated heterocycles. The molecule has 0 aromatic carbocycles. The van der Waals surface area contributed by atoms with Gasteiger partial charge in [-0.25, -0.2) is 14.4 Å². The maximum atomic E-state index is 12.2. The lowest BCUT2D eigenvalue weighted by Gasteiger charge is -2.18. The first-order chi connectivity index (χ1) is 11.1. The molecule has 0 spiro atoms. The summed E-state index contributed by atoms with van der Waals surface area (Å²) in [6.45, 7) is 3.72. The molecule has 0 unspecified atom stereocenters. The van der Waals surface area contributed by atoms with Crippen molar-refractivity contribution in [3.8, 4) is 5.69 Å². The first-order valence-electron chi connectivity index (χ1n) is 6.76. The lowest BCUT2D eigenvalue weighted by Crippen LogP contribution is -2.24. The number of carbonyl (C=O) groups excluding carboxylic acids is 1. The molecule has 8 heteroatoms. The minimum absolute atomic E-state index is 0.648. The van der Waals surface area contributed by atoms with E-state index in [4.69, 9.17) is 11.9 Å². The second-order valence-electron chi connectivity index (χ2n) is 4.77. The summed E-state index contributed by atoms with van der Waals surface area (Å²) < 4.78 is 6.19. The number of thiophene rings is 1. The Morgan fingerprint density at radius 3 is 2.65 bits per heavy atom. The first kappa shape index (κ1) is 15.5. The predicted octanol–water partition coefficient (Wildman–Crippen LogP) is 4.37. The molecular formula is C15H13ClN4O2S. The van der Waals surface area contributed by atoms with Crippen molar-refractivity contribution in [2.24, 2.45) is 0 Å². The maximum Gasteiger partial charge on any atom is 0.438 e. The average Bonchev–Trinajstić information content (AvgIpc) is 3.19. The summed E-state index contributed by atoms with van der Waals surface area (Å²) >= 11 is 6.73. The molecule has 23 heavy (non-hydrogen) atoms. The fourth-order valence-electron chi connectivity index (χ4n) is 2.42. The molecular weight excluding hydrogens is 336 g/mol. The molecule has 0 bridgehead atoms. The highest BCUT2D eigenvalue weighted by atomic mass is 35.5. The minimum atomic E-state index is -0.672. The Kier molecular flexibility index (Phi) is 4.31. The standard InChI is InChI=1S/C15H13ClN4O2S/c1-10-14(19(15(21)22-16)13-4-3-9-23-13)11(2)20(18-10)12-5-7-17-8-6-12/h3-9H,1-2H3. The molecule has 0 aliphatic rings. The number of pyridine rings is 1. The number of rotatable bonds is 3. The van der Waals surface area contributed by atoms with Gasteiger partial charge in [-0.3, -0.25) is 4.98 Å². The van der Waals surface area contributed by atoms with Crippen molar-refractivity contribution in [3.05, 3.63) is 53.4 Å². The molecule has 6 nitrogen and oxygen atoms in total. The van der Waals surface area contributed by atoms with Crippen LogP contribution in [-0.2, 0) is 4.29 Å². The van der Waals surface area contributed by atoms with Gasteiger partial charge >= 0.3 is 6.09 Å². The summed E-state index contributed by atoms with van der Waals surface area (Å²) in [5.74, 6) is 0. The molecule has 3 aromatic rings. The molecule has 0 aliphatic heterocycles. The monoisotopic (exact) mass is 348 g/mol. The molecule has 0 aliphatic carbocycles. The number of carbonyl (C=O) groups is 1. The van der Waals surface area contributed by atoms with Gasteiger partial charge in [0.1, 0.15) is 16.9 Å². The van der Waals surface area contributed by atoms with Crippen molar-refractivity contribution >= 4 is 40.0 Å². The second kappa shape index (κ2) is 6.39. The van der Waals surface area contributed by atoms with Crippen LogP contribution in [0.4, 0.5) is 15.5 Å². The average molecular weight is 349 g/mol. The van der Waals surface area contributed by atoms with Crippen LogP contribution < -0.4 is 4.90 Å². The molecule has 0 fully saturated rings. The van der Waals surface area contributed by atoms with Gasteiger partial charge in [-0.05, 0) is 43.5 Å². The molecule has 0 saturated carbocycles. The Morgan fingerprint density at radius 2 is 2.04 bits per heavy atom. The Balaban J connectivity index is 2.15. The Hall–Kier alpha value is -2.38. The lowest BCUT2D eigenvalue weighted by atomic mass is 10.3. The van der Waals surface area contributed by atoms with Crippen LogP contribution in [0, 0.1) is 13.8 Å². The highest BCUT2D eigenvalue weighted by Gasteiger charge is 2.27. The van der Waals surface area contributed by atoms with E-state index in [1.54, 1.807) is 17.1 Å². The molecule has 0 N–H and O–H groups in total. The van der Waals surface area contributed by atoms with Crippen LogP contribution in [0.5, 0.6) is 0 Å². The summed E-state index contributed by atoms with van der Waals surface area (Å²) in [4.78, 5) is 17.6. The number of halogens is 1. The van der Waals surface area contributed by atoms with Gasteiger partial charge in [0, 0.05) is 12.4 Å². The molecule has 0 atom stereocenters. The normalized spacial score (nSPS) is 10.6. The number of hydrogen-bond acceptors (Lipinski definition) is 5. The van der Waals surface area contributed by atoms with E-state index < -0.39 is 6.09 Å². The Labute approximate surface area is 142 Å². The fraction of sp³-hybridized carbons (Fsp3) is 0.133. The molecule has 3 rings (SSSR count). The van der Waals surface area contributed by atoms with Gasteiger partial charge in [0.25, 0.3) is 0 Å². The summed E-state index contributed by atoms with van der Waals surface area (Å²) in [6, 6.07) is 7.37. The highest BCUT2D eigenvalue weighted by molar-refractivity contribution is 7.14. The van der Waals surface area contributed by atoms with E-state index in [9.17, 15) is 4.79 Å². The zero-order valence-corrected chi connectivity index (χ0v) is 14.0. The van der Waals surface area contributed by atoms with E-state index in [1.165, 1.54) is 16.2 Å². The first-order valence-corrected chi connectivity index (χ1v) is 7.95. The fourth-order valence-corrected chi connectivity index (χ4v) is 3.21. The van der Waals surface area contributed by atoms with E-state index in [2.05, 4.69) is 14.4 Å². The molecule has 1 amide bonds. The van der Waals surface area contributed by atoms with Crippen LogP contribution in [0.25, 0.3) is 5.69 Å². The van der Waals surface area contributed by atoms with Gasteiger partial charge in [0.2, 0.25) is 0 Å². The van der Waals surface area contributed by atoms with Crippen LogP contribution in [0.2, 0.25) is 0 Å². The summed E-state index contributed by atoms with van der Waals surface area (Å²) in [5.41, 5.74) is 2.99. The van der Waals surface area contributed by atoms with Crippen LogP contribution in [0.15, 0.2) is 42.0 Å². The Bertz CT molecular complexity index is 818. The van der Waals surface area contributed by atoms with Crippen LogP contribution in [0.3, 0.4) is 0 Å². The third-order valence-corrected chi connectivity index (χ3v) is 4.34. The Morgan fingerprint density at radius 1 is 1.30 bits per heavy atom. The van der Waals surface area contributed by atoms with Crippen molar-refractivity contribution in [2.45, 2.75) is 13.8 Å². The van der Waals surface area contributed by atoms with Crippen LogP contribution in [0.1, 0.15) is 11.4 Å². The van der Waals surface area contributed by atoms with Crippen molar-refractivity contribution in [1.29, 1.82) is 0 Å². The maximum absolute atomic E-state index is 12.2. The molecule has 0 radical (unpaired) electrons. The van der Waals surface area contributed by atoms with Crippen molar-refractivity contribution in [1.82, 2.24) is 14.8 Å². The number of hydrogen-bond donors (Lipinski definition) is 0. The zero-order valence-electron chi connectivity index (χ0n) is 12.4. The summed E-state index contributed by atoms with van der Waals surface area (Å²) in [5, 5.41) is 7.11.